The Kier molecular flexibility index (Phi) is 3.20. The van der Waals surface area contributed by atoms with Crippen LogP contribution in [-0.4, -0.2) is 9.38 Å². The van der Waals surface area contributed by atoms with Gasteiger partial charge in [-0.25, -0.2) is 4.98 Å². The number of pyridine rings is 1. The fourth-order valence-corrected chi connectivity index (χ4v) is 3.31. The lowest BCUT2D eigenvalue weighted by atomic mass is 9.88. The first-order chi connectivity index (χ1) is 10.4. The molecule has 0 unspecified atom stereocenters. The number of aromatic nitrogens is 2. The first kappa shape index (κ1) is 12.6. The standard InChI is InChI=1S/C18H19N3/c1-2-8-16-14(6-1)7-5-9-17(16)19-12-15-13-20-18-10-3-4-11-21(15)18/h1-4,6,8,10-11,13,17,19H,5,7,9,12H2/t17-/m1/s1. The Balaban J connectivity index is 1.55. The molecule has 0 saturated heterocycles. The van der Waals surface area contributed by atoms with Gasteiger partial charge in [0.1, 0.15) is 5.65 Å². The molecule has 3 aromatic rings. The number of benzene rings is 1. The lowest BCUT2D eigenvalue weighted by molar-refractivity contribution is 0.455. The number of hydrogen-bond acceptors (Lipinski definition) is 2. The molecule has 0 radical (unpaired) electrons. The fourth-order valence-electron chi connectivity index (χ4n) is 3.31. The Morgan fingerprint density at radius 1 is 1.14 bits per heavy atom. The molecule has 1 aromatic carbocycles. The predicted octanol–water partition coefficient (Wildman–Crippen LogP) is 3.50. The van der Waals surface area contributed by atoms with E-state index in [4.69, 9.17) is 0 Å². The summed E-state index contributed by atoms with van der Waals surface area (Å²) < 4.78 is 2.15. The van der Waals surface area contributed by atoms with E-state index >= 15 is 0 Å². The predicted molar refractivity (Wildman–Crippen MR) is 84.2 cm³/mol. The Hall–Kier alpha value is -2.13. The topological polar surface area (TPSA) is 29.3 Å². The molecule has 3 heteroatoms. The maximum atomic E-state index is 4.45. The van der Waals surface area contributed by atoms with Gasteiger partial charge in [-0.15, -0.1) is 0 Å². The van der Waals surface area contributed by atoms with Crippen LogP contribution in [-0.2, 0) is 13.0 Å². The molecular formula is C18H19N3. The molecule has 106 valence electrons. The van der Waals surface area contributed by atoms with Crippen LogP contribution in [0.3, 0.4) is 0 Å². The van der Waals surface area contributed by atoms with Gasteiger partial charge in [0.25, 0.3) is 0 Å². The van der Waals surface area contributed by atoms with Crippen LogP contribution in [0.2, 0.25) is 0 Å². The summed E-state index contributed by atoms with van der Waals surface area (Å²) in [5.41, 5.74) is 5.20. The van der Waals surface area contributed by atoms with Crippen LogP contribution < -0.4 is 5.32 Å². The summed E-state index contributed by atoms with van der Waals surface area (Å²) in [6.07, 6.45) is 7.74. The zero-order valence-corrected chi connectivity index (χ0v) is 12.0. The third-order valence-electron chi connectivity index (χ3n) is 4.39. The summed E-state index contributed by atoms with van der Waals surface area (Å²) in [4.78, 5) is 4.45. The molecule has 1 atom stereocenters. The average molecular weight is 277 g/mol. The highest BCUT2D eigenvalue weighted by atomic mass is 15.0. The van der Waals surface area contributed by atoms with Crippen LogP contribution in [0.1, 0.15) is 35.7 Å². The maximum absolute atomic E-state index is 4.45. The molecule has 0 amide bonds. The summed E-state index contributed by atoms with van der Waals surface area (Å²) in [6.45, 7) is 0.851. The molecule has 3 nitrogen and oxygen atoms in total. The van der Waals surface area contributed by atoms with Crippen molar-refractivity contribution in [3.8, 4) is 0 Å². The van der Waals surface area contributed by atoms with Crippen LogP contribution in [0.25, 0.3) is 5.65 Å². The van der Waals surface area contributed by atoms with Gasteiger partial charge in [-0.2, -0.15) is 0 Å². The van der Waals surface area contributed by atoms with E-state index in [-0.39, 0.29) is 0 Å². The number of nitrogens with zero attached hydrogens (tertiary/aromatic N) is 2. The van der Waals surface area contributed by atoms with Crippen molar-refractivity contribution >= 4 is 5.65 Å². The van der Waals surface area contributed by atoms with E-state index in [9.17, 15) is 0 Å². The van der Waals surface area contributed by atoms with Crippen molar-refractivity contribution in [3.63, 3.8) is 0 Å². The molecule has 0 spiro atoms. The van der Waals surface area contributed by atoms with Crippen molar-refractivity contribution in [2.45, 2.75) is 31.8 Å². The quantitative estimate of drug-likeness (QED) is 0.794. The minimum atomic E-state index is 0.462. The normalized spacial score (nSPS) is 17.8. The molecule has 2 heterocycles. The van der Waals surface area contributed by atoms with Gasteiger partial charge >= 0.3 is 0 Å². The smallest absolute Gasteiger partial charge is 0.136 e. The second-order valence-corrected chi connectivity index (χ2v) is 5.70. The molecule has 0 bridgehead atoms. The van der Waals surface area contributed by atoms with E-state index in [1.54, 1.807) is 0 Å². The lowest BCUT2D eigenvalue weighted by Crippen LogP contribution is -2.25. The van der Waals surface area contributed by atoms with Crippen molar-refractivity contribution in [1.82, 2.24) is 14.7 Å². The van der Waals surface area contributed by atoms with Gasteiger partial charge in [0, 0.05) is 18.8 Å². The first-order valence-electron chi connectivity index (χ1n) is 7.64. The lowest BCUT2D eigenvalue weighted by Gasteiger charge is -2.26. The van der Waals surface area contributed by atoms with Crippen molar-refractivity contribution in [2.75, 3.05) is 0 Å². The molecule has 0 saturated carbocycles. The van der Waals surface area contributed by atoms with E-state index in [0.717, 1.165) is 12.2 Å². The number of fused-ring (bicyclic) bond motifs is 2. The number of hydrogen-bond donors (Lipinski definition) is 1. The number of rotatable bonds is 3. The molecule has 0 fully saturated rings. The average Bonchev–Trinajstić information content (AvgIpc) is 2.96. The fraction of sp³-hybridized carbons (Fsp3) is 0.278. The SMILES string of the molecule is c1ccc2c(c1)CCC[C@H]2NCc1cnc2ccccn12. The van der Waals surface area contributed by atoms with E-state index in [1.807, 2.05) is 24.4 Å². The van der Waals surface area contributed by atoms with E-state index < -0.39 is 0 Å². The zero-order valence-electron chi connectivity index (χ0n) is 12.0. The molecule has 0 aliphatic heterocycles. The second kappa shape index (κ2) is 5.34. The summed E-state index contributed by atoms with van der Waals surface area (Å²) >= 11 is 0. The van der Waals surface area contributed by atoms with Gasteiger partial charge in [-0.1, -0.05) is 30.3 Å². The van der Waals surface area contributed by atoms with Gasteiger partial charge in [0.2, 0.25) is 0 Å². The van der Waals surface area contributed by atoms with Crippen molar-refractivity contribution < 1.29 is 0 Å². The van der Waals surface area contributed by atoms with Crippen molar-refractivity contribution in [2.24, 2.45) is 0 Å². The maximum Gasteiger partial charge on any atom is 0.136 e. The highest BCUT2D eigenvalue weighted by Crippen LogP contribution is 2.29. The number of imidazole rings is 1. The van der Waals surface area contributed by atoms with Gasteiger partial charge in [0.15, 0.2) is 0 Å². The Morgan fingerprint density at radius 3 is 3.05 bits per heavy atom. The van der Waals surface area contributed by atoms with Crippen molar-refractivity contribution in [1.29, 1.82) is 0 Å². The number of aryl methyl sites for hydroxylation is 1. The van der Waals surface area contributed by atoms with E-state index in [0.29, 0.717) is 6.04 Å². The minimum Gasteiger partial charge on any atom is -0.304 e. The summed E-state index contributed by atoms with van der Waals surface area (Å²) in [7, 11) is 0. The third-order valence-corrected chi connectivity index (χ3v) is 4.39. The second-order valence-electron chi connectivity index (χ2n) is 5.70. The Bertz CT molecular complexity index is 760. The van der Waals surface area contributed by atoms with Crippen LogP contribution in [0, 0.1) is 0 Å². The van der Waals surface area contributed by atoms with Crippen LogP contribution >= 0.6 is 0 Å². The third kappa shape index (κ3) is 2.34. The van der Waals surface area contributed by atoms with Gasteiger partial charge in [0.05, 0.1) is 11.9 Å². The highest BCUT2D eigenvalue weighted by molar-refractivity contribution is 5.40. The van der Waals surface area contributed by atoms with Crippen LogP contribution in [0.15, 0.2) is 54.9 Å². The van der Waals surface area contributed by atoms with Crippen LogP contribution in [0.4, 0.5) is 0 Å². The summed E-state index contributed by atoms with van der Waals surface area (Å²) in [6, 6.07) is 15.4. The molecule has 1 N–H and O–H groups in total. The van der Waals surface area contributed by atoms with Gasteiger partial charge in [-0.3, -0.25) is 0 Å². The molecular weight excluding hydrogens is 258 g/mol. The molecule has 1 aliphatic rings. The molecule has 2 aromatic heterocycles. The molecule has 1 aliphatic carbocycles. The number of nitrogens with one attached hydrogen (secondary N) is 1. The van der Waals surface area contributed by atoms with E-state index in [1.165, 1.54) is 36.1 Å². The van der Waals surface area contributed by atoms with E-state index in [2.05, 4.69) is 45.2 Å². The Morgan fingerprint density at radius 2 is 2.05 bits per heavy atom. The van der Waals surface area contributed by atoms with Gasteiger partial charge in [-0.05, 0) is 42.5 Å². The highest BCUT2D eigenvalue weighted by Gasteiger charge is 2.19. The molecule has 21 heavy (non-hydrogen) atoms. The first-order valence-corrected chi connectivity index (χ1v) is 7.64. The summed E-state index contributed by atoms with van der Waals surface area (Å²) in [5, 5.41) is 3.71. The van der Waals surface area contributed by atoms with Gasteiger partial charge < -0.3 is 9.72 Å². The minimum absolute atomic E-state index is 0.462. The van der Waals surface area contributed by atoms with Crippen LogP contribution in [0.5, 0.6) is 0 Å². The largest absolute Gasteiger partial charge is 0.304 e. The summed E-state index contributed by atoms with van der Waals surface area (Å²) in [5.74, 6) is 0. The van der Waals surface area contributed by atoms with Crippen molar-refractivity contribution in [3.05, 3.63) is 71.7 Å². The monoisotopic (exact) mass is 277 g/mol. The molecule has 4 rings (SSSR count). The Labute approximate surface area is 124 Å². The zero-order chi connectivity index (χ0) is 14.1.